The molecule has 0 saturated carbocycles. The van der Waals surface area contributed by atoms with Crippen molar-refractivity contribution >= 4 is 92.6 Å². The summed E-state index contributed by atoms with van der Waals surface area (Å²) in [6.07, 6.45) is 1.64. The van der Waals surface area contributed by atoms with Gasteiger partial charge in [-0.25, -0.2) is 4.79 Å². The molecule has 4 atom stereocenters. The number of rotatable bonds is 11. The molecule has 50 heavy (non-hydrogen) atoms. The van der Waals surface area contributed by atoms with Crippen molar-refractivity contribution in [3.8, 4) is 11.5 Å². The molecule has 10 nitrogen and oxygen atoms in total. The molecule has 0 aliphatic heterocycles. The van der Waals surface area contributed by atoms with Gasteiger partial charge in [-0.3, -0.25) is 24.0 Å². The van der Waals surface area contributed by atoms with Crippen molar-refractivity contribution in [1.82, 2.24) is 0 Å². The number of aliphatic carboxylic acids is 1. The Morgan fingerprint density at radius 1 is 0.740 bits per heavy atom. The van der Waals surface area contributed by atoms with Gasteiger partial charge in [0.1, 0.15) is 21.5 Å². The summed E-state index contributed by atoms with van der Waals surface area (Å²) in [7, 11) is 0. The molecule has 0 bridgehead atoms. The number of hydrogen-bond donors (Lipinski definition) is 2. The summed E-state index contributed by atoms with van der Waals surface area (Å²) in [5, 5.41) is 9.50. The Labute approximate surface area is 306 Å². The summed E-state index contributed by atoms with van der Waals surface area (Å²) < 4.78 is 11.6. The van der Waals surface area contributed by atoms with Gasteiger partial charge in [-0.1, -0.05) is 73.1 Å². The Balaban J connectivity index is 1.39. The Kier molecular flexibility index (Phi) is 9.48. The number of amides is 1. The van der Waals surface area contributed by atoms with Crippen LogP contribution < -0.4 is 15.2 Å². The van der Waals surface area contributed by atoms with Crippen molar-refractivity contribution in [2.45, 2.75) is 77.4 Å². The average molecular weight is 763 g/mol. The maximum atomic E-state index is 13.9. The molecule has 0 radical (unpaired) electrons. The number of ether oxygens (including phenoxy) is 2. The topological polar surface area (TPSA) is 167 Å². The van der Waals surface area contributed by atoms with E-state index in [4.69, 9.17) is 61.6 Å². The van der Waals surface area contributed by atoms with Crippen LogP contribution in [0.2, 0.25) is 20.1 Å². The molecule has 4 aliphatic rings. The molecule has 0 saturated heterocycles. The first-order valence-corrected chi connectivity index (χ1v) is 17.6. The van der Waals surface area contributed by atoms with Crippen LogP contribution in [-0.4, -0.2) is 52.3 Å². The fourth-order valence-electron chi connectivity index (χ4n) is 7.94. The van der Waals surface area contributed by atoms with Gasteiger partial charge in [-0.2, -0.15) is 0 Å². The number of benzene rings is 2. The van der Waals surface area contributed by atoms with E-state index < -0.39 is 34.9 Å². The number of carboxylic acids is 1. The lowest BCUT2D eigenvalue weighted by Crippen LogP contribution is -2.50. The molecule has 262 valence electrons. The number of ketones is 4. The largest absolute Gasteiger partial charge is 0.478 e. The minimum Gasteiger partial charge on any atom is -0.478 e. The van der Waals surface area contributed by atoms with Gasteiger partial charge in [0.25, 0.3) is 5.91 Å². The lowest BCUT2D eigenvalue weighted by molar-refractivity contribution is -0.153. The minimum atomic E-state index is -2.17. The molecule has 14 heteroatoms. The second-order valence-corrected chi connectivity index (χ2v) is 14.6. The summed E-state index contributed by atoms with van der Waals surface area (Å²) in [6, 6.07) is 2.49. The van der Waals surface area contributed by atoms with Crippen LogP contribution in [0.5, 0.6) is 11.5 Å². The molecule has 0 fully saturated rings. The maximum absolute atomic E-state index is 13.9. The first-order valence-electron chi connectivity index (χ1n) is 16.1. The number of primary amides is 1. The SMILES string of the molecule is CCCC12CCC(=O)C=C1c1c(cc(OC(C(N)=O)C(Oc3cc4c(c(Cl)c3Cl)C3=CC(=O)CCC3(CCC)C4=O)C(=O)O)c(Cl)c1Cl)C2=O. The van der Waals surface area contributed by atoms with Crippen LogP contribution in [0.15, 0.2) is 24.3 Å². The van der Waals surface area contributed by atoms with Gasteiger partial charge in [0, 0.05) is 35.1 Å². The van der Waals surface area contributed by atoms with Crippen LogP contribution in [0.3, 0.4) is 0 Å². The van der Waals surface area contributed by atoms with Gasteiger partial charge in [0.15, 0.2) is 23.1 Å². The van der Waals surface area contributed by atoms with Gasteiger partial charge >= 0.3 is 5.97 Å². The highest BCUT2D eigenvalue weighted by Crippen LogP contribution is 2.59. The number of fused-ring (bicyclic) bond motifs is 6. The smallest absolute Gasteiger partial charge is 0.349 e. The number of Topliss-reactive ketones (excluding diaryl/α,β-unsaturated/α-hetero) is 2. The van der Waals surface area contributed by atoms with Gasteiger partial charge in [-0.05, 0) is 61.1 Å². The van der Waals surface area contributed by atoms with Gasteiger partial charge in [0.05, 0.1) is 20.9 Å². The summed E-state index contributed by atoms with van der Waals surface area (Å²) >= 11 is 26.6. The van der Waals surface area contributed by atoms with Crippen LogP contribution in [-0.2, 0) is 19.2 Å². The van der Waals surface area contributed by atoms with E-state index in [0.29, 0.717) is 36.8 Å². The lowest BCUT2D eigenvalue weighted by Gasteiger charge is -2.32. The van der Waals surface area contributed by atoms with Crippen LogP contribution in [0.25, 0.3) is 11.1 Å². The van der Waals surface area contributed by atoms with E-state index in [-0.39, 0.29) is 103 Å². The average Bonchev–Trinajstić information content (AvgIpc) is 3.44. The Morgan fingerprint density at radius 3 is 1.50 bits per heavy atom. The quantitative estimate of drug-likeness (QED) is 0.235. The third kappa shape index (κ3) is 5.38. The van der Waals surface area contributed by atoms with Gasteiger partial charge < -0.3 is 20.3 Å². The normalized spacial score (nSPS) is 23.3. The zero-order valence-corrected chi connectivity index (χ0v) is 29.9. The standard InChI is InChI=1S/C36H31Cl4NO9/c1-3-7-35-9-5-15(42)11-19(35)23-17(31(35)44)13-21(25(37)27(23)39)49-29(33(41)46)30(34(47)48)50-22-14-18-24(28(40)26(22)38)20-12-16(43)6-10-36(20,8-4-2)32(18)45/h11-14,29-30H,3-10H2,1-2H3,(H2,41,46)(H,47,48). The van der Waals surface area contributed by atoms with Gasteiger partial charge in [0.2, 0.25) is 12.2 Å². The van der Waals surface area contributed by atoms with E-state index in [1.54, 1.807) is 0 Å². The first-order chi connectivity index (χ1) is 23.6. The van der Waals surface area contributed by atoms with Crippen LogP contribution in [0, 0.1) is 10.8 Å². The van der Waals surface area contributed by atoms with E-state index in [1.165, 1.54) is 24.3 Å². The number of allylic oxidation sites excluding steroid dienone is 4. The summed E-state index contributed by atoms with van der Waals surface area (Å²) in [4.78, 5) is 78.2. The predicted octanol–water partition coefficient (Wildman–Crippen LogP) is 7.52. The summed E-state index contributed by atoms with van der Waals surface area (Å²) in [5.41, 5.74) is 5.31. The van der Waals surface area contributed by atoms with Crippen molar-refractivity contribution in [3.05, 3.63) is 66.6 Å². The number of halogens is 4. The molecule has 4 aliphatic carbocycles. The van der Waals surface area contributed by atoms with Crippen LogP contribution in [0.1, 0.15) is 97.1 Å². The molecular weight excluding hydrogens is 732 g/mol. The summed E-state index contributed by atoms with van der Waals surface area (Å²) in [6.45, 7) is 3.82. The highest BCUT2D eigenvalue weighted by atomic mass is 35.5. The molecule has 0 heterocycles. The van der Waals surface area contributed by atoms with E-state index in [1.807, 2.05) is 13.8 Å². The first kappa shape index (κ1) is 36.1. The predicted molar refractivity (Wildman–Crippen MR) is 186 cm³/mol. The van der Waals surface area contributed by atoms with E-state index in [9.17, 15) is 33.9 Å². The molecule has 3 N–H and O–H groups in total. The highest BCUT2D eigenvalue weighted by Gasteiger charge is 2.54. The number of nitrogens with two attached hydrogens (primary N) is 1. The number of carboxylic acid groups (broad SMARTS) is 1. The summed E-state index contributed by atoms with van der Waals surface area (Å²) in [5.74, 6) is -4.59. The fourth-order valence-corrected chi connectivity index (χ4v) is 8.92. The van der Waals surface area contributed by atoms with Crippen LogP contribution >= 0.6 is 46.4 Å². The third-order valence-electron chi connectivity index (χ3n) is 10.1. The van der Waals surface area contributed by atoms with E-state index >= 15 is 0 Å². The monoisotopic (exact) mass is 761 g/mol. The van der Waals surface area contributed by atoms with Crippen molar-refractivity contribution in [3.63, 3.8) is 0 Å². The Bertz CT molecular complexity index is 1860. The molecule has 2 aromatic carbocycles. The highest BCUT2D eigenvalue weighted by molar-refractivity contribution is 6.46. The van der Waals surface area contributed by atoms with Crippen molar-refractivity contribution < 1.29 is 43.3 Å². The molecule has 0 aromatic heterocycles. The zero-order chi connectivity index (χ0) is 36.4. The van der Waals surface area contributed by atoms with Gasteiger partial charge in [-0.15, -0.1) is 0 Å². The second kappa shape index (κ2) is 13.1. The zero-order valence-electron chi connectivity index (χ0n) is 26.9. The van der Waals surface area contributed by atoms with Crippen molar-refractivity contribution in [2.24, 2.45) is 16.6 Å². The number of hydrogen-bond acceptors (Lipinski definition) is 8. The molecular formula is C36H31Cl4NO9. The third-order valence-corrected chi connectivity index (χ3v) is 11.8. The maximum Gasteiger partial charge on any atom is 0.349 e. The van der Waals surface area contributed by atoms with Crippen molar-refractivity contribution in [1.29, 1.82) is 0 Å². The van der Waals surface area contributed by atoms with E-state index in [0.717, 1.165) is 0 Å². The minimum absolute atomic E-state index is 0.0895. The van der Waals surface area contributed by atoms with Crippen molar-refractivity contribution in [2.75, 3.05) is 0 Å². The Morgan fingerprint density at radius 2 is 1.14 bits per heavy atom. The lowest BCUT2D eigenvalue weighted by atomic mass is 9.69. The number of carbonyl (C=O) groups excluding carboxylic acids is 5. The van der Waals surface area contributed by atoms with Crippen LogP contribution in [0.4, 0.5) is 0 Å². The molecule has 6 rings (SSSR count). The Hall–Kier alpha value is -3.70. The molecule has 1 amide bonds. The second-order valence-electron chi connectivity index (χ2n) is 13.0. The fraction of sp³-hybridized carbons (Fsp3) is 0.389. The molecule has 4 unspecified atom stereocenters. The molecule has 0 spiro atoms. The van der Waals surface area contributed by atoms with E-state index in [2.05, 4.69) is 0 Å². The number of carbonyl (C=O) groups is 6. The molecule has 2 aromatic rings.